The molecular formula is C14H18N2O. The highest BCUT2D eigenvalue weighted by atomic mass is 16.3. The molecule has 1 aromatic heterocycles. The summed E-state index contributed by atoms with van der Waals surface area (Å²) in [4.78, 5) is 0. The van der Waals surface area contributed by atoms with Gasteiger partial charge >= 0.3 is 0 Å². The maximum Gasteiger partial charge on any atom is 0.0650 e. The number of aliphatic hydroxyl groups is 1. The van der Waals surface area contributed by atoms with Crippen molar-refractivity contribution in [1.82, 2.24) is 9.78 Å². The van der Waals surface area contributed by atoms with Gasteiger partial charge in [-0.3, -0.25) is 4.68 Å². The maximum absolute atomic E-state index is 9.99. The molecule has 1 unspecified atom stereocenters. The molecule has 0 aliphatic carbocycles. The van der Waals surface area contributed by atoms with Crippen LogP contribution < -0.4 is 0 Å². The number of nitrogens with zero attached hydrogens (tertiary/aromatic N) is 2. The fourth-order valence-electron chi connectivity index (χ4n) is 1.88. The highest BCUT2D eigenvalue weighted by molar-refractivity contribution is 5.22. The molecule has 1 heterocycles. The van der Waals surface area contributed by atoms with Crippen molar-refractivity contribution >= 4 is 0 Å². The molecule has 1 N–H and O–H groups in total. The molecule has 0 aliphatic heterocycles. The Hall–Kier alpha value is -1.61. The van der Waals surface area contributed by atoms with Crippen LogP contribution in [0.25, 0.3) is 0 Å². The van der Waals surface area contributed by atoms with E-state index in [1.807, 2.05) is 19.3 Å². The summed E-state index contributed by atoms with van der Waals surface area (Å²) in [5.41, 5.74) is 3.35. The average Bonchev–Trinajstić information content (AvgIpc) is 2.67. The van der Waals surface area contributed by atoms with Crippen LogP contribution in [0.15, 0.2) is 36.5 Å². The predicted molar refractivity (Wildman–Crippen MR) is 67.8 cm³/mol. The molecule has 3 heteroatoms. The van der Waals surface area contributed by atoms with Gasteiger partial charge in [0.05, 0.1) is 11.8 Å². The SMILES string of the molecule is Cc1ccc(CC(O)Cc2ccn(C)n2)cc1. The van der Waals surface area contributed by atoms with Gasteiger partial charge in [0.2, 0.25) is 0 Å². The third-order valence-electron chi connectivity index (χ3n) is 2.81. The lowest BCUT2D eigenvalue weighted by Gasteiger charge is -2.09. The molecule has 0 radical (unpaired) electrons. The topological polar surface area (TPSA) is 38.0 Å². The quantitative estimate of drug-likeness (QED) is 0.870. The van der Waals surface area contributed by atoms with Crippen LogP contribution in [-0.4, -0.2) is 21.0 Å². The van der Waals surface area contributed by atoms with E-state index in [9.17, 15) is 5.11 Å². The number of aromatic nitrogens is 2. The highest BCUT2D eigenvalue weighted by Crippen LogP contribution is 2.09. The first-order chi connectivity index (χ1) is 8.13. The van der Waals surface area contributed by atoms with Gasteiger partial charge < -0.3 is 5.11 Å². The molecule has 90 valence electrons. The molecule has 0 saturated carbocycles. The van der Waals surface area contributed by atoms with Gasteiger partial charge in [-0.15, -0.1) is 0 Å². The van der Waals surface area contributed by atoms with Crippen LogP contribution in [0.1, 0.15) is 16.8 Å². The van der Waals surface area contributed by atoms with Crippen LogP contribution in [-0.2, 0) is 19.9 Å². The molecular weight excluding hydrogens is 212 g/mol. The smallest absolute Gasteiger partial charge is 0.0650 e. The fraction of sp³-hybridized carbons (Fsp3) is 0.357. The van der Waals surface area contributed by atoms with Crippen LogP contribution in [0, 0.1) is 6.92 Å². The number of hydrogen-bond donors (Lipinski definition) is 1. The van der Waals surface area contributed by atoms with Crippen molar-refractivity contribution in [2.24, 2.45) is 7.05 Å². The Balaban J connectivity index is 1.93. The van der Waals surface area contributed by atoms with Crippen LogP contribution in [0.4, 0.5) is 0 Å². The van der Waals surface area contributed by atoms with Gasteiger partial charge in [0.15, 0.2) is 0 Å². The lowest BCUT2D eigenvalue weighted by atomic mass is 10.0. The van der Waals surface area contributed by atoms with E-state index in [-0.39, 0.29) is 6.10 Å². The standard InChI is InChI=1S/C14H18N2O/c1-11-3-5-12(6-4-11)9-14(17)10-13-7-8-16(2)15-13/h3-8,14,17H,9-10H2,1-2H3. The van der Waals surface area contributed by atoms with Crippen molar-refractivity contribution in [3.8, 4) is 0 Å². The van der Waals surface area contributed by atoms with Crippen LogP contribution in [0.3, 0.4) is 0 Å². The first-order valence-corrected chi connectivity index (χ1v) is 5.85. The number of hydrogen-bond acceptors (Lipinski definition) is 2. The van der Waals surface area contributed by atoms with Crippen molar-refractivity contribution in [1.29, 1.82) is 0 Å². The molecule has 1 atom stereocenters. The van der Waals surface area contributed by atoms with Crippen molar-refractivity contribution in [3.63, 3.8) is 0 Å². The normalized spacial score (nSPS) is 12.6. The zero-order valence-electron chi connectivity index (χ0n) is 10.3. The second-order valence-electron chi connectivity index (χ2n) is 4.53. The third-order valence-corrected chi connectivity index (χ3v) is 2.81. The van der Waals surface area contributed by atoms with E-state index in [1.165, 1.54) is 11.1 Å². The van der Waals surface area contributed by atoms with Crippen LogP contribution >= 0.6 is 0 Å². The Morgan fingerprint density at radius 2 is 1.88 bits per heavy atom. The second-order valence-corrected chi connectivity index (χ2v) is 4.53. The molecule has 2 rings (SSSR count). The summed E-state index contributed by atoms with van der Waals surface area (Å²) in [5.74, 6) is 0. The Morgan fingerprint density at radius 1 is 1.18 bits per heavy atom. The third kappa shape index (κ3) is 3.43. The van der Waals surface area contributed by atoms with Gasteiger partial charge in [0, 0.05) is 19.7 Å². The number of aryl methyl sites for hydroxylation is 2. The summed E-state index contributed by atoms with van der Waals surface area (Å²) in [5, 5.41) is 14.2. The summed E-state index contributed by atoms with van der Waals surface area (Å²) in [6.07, 6.45) is 2.81. The lowest BCUT2D eigenvalue weighted by molar-refractivity contribution is 0.174. The molecule has 17 heavy (non-hydrogen) atoms. The average molecular weight is 230 g/mol. The van der Waals surface area contributed by atoms with Gasteiger partial charge in [0.25, 0.3) is 0 Å². The molecule has 3 nitrogen and oxygen atoms in total. The number of benzene rings is 1. The molecule has 0 saturated heterocycles. The van der Waals surface area contributed by atoms with E-state index in [0.29, 0.717) is 12.8 Å². The van der Waals surface area contributed by atoms with E-state index < -0.39 is 0 Å². The molecule has 0 fully saturated rings. The van der Waals surface area contributed by atoms with E-state index in [0.717, 1.165) is 5.69 Å². The number of aliphatic hydroxyl groups excluding tert-OH is 1. The van der Waals surface area contributed by atoms with Gasteiger partial charge in [-0.05, 0) is 25.0 Å². The zero-order chi connectivity index (χ0) is 12.3. The monoisotopic (exact) mass is 230 g/mol. The van der Waals surface area contributed by atoms with E-state index in [4.69, 9.17) is 0 Å². The first kappa shape index (κ1) is 11.9. The van der Waals surface area contributed by atoms with Gasteiger partial charge in [-0.1, -0.05) is 29.8 Å². The van der Waals surface area contributed by atoms with Crippen molar-refractivity contribution in [3.05, 3.63) is 53.3 Å². The van der Waals surface area contributed by atoms with Crippen LogP contribution in [0.5, 0.6) is 0 Å². The summed E-state index contributed by atoms with van der Waals surface area (Å²) in [6, 6.07) is 10.2. The first-order valence-electron chi connectivity index (χ1n) is 5.85. The second kappa shape index (κ2) is 5.15. The Bertz CT molecular complexity index is 473. The summed E-state index contributed by atoms with van der Waals surface area (Å²) >= 11 is 0. The highest BCUT2D eigenvalue weighted by Gasteiger charge is 2.08. The fourth-order valence-corrected chi connectivity index (χ4v) is 1.88. The zero-order valence-corrected chi connectivity index (χ0v) is 10.3. The predicted octanol–water partition coefficient (Wildman–Crippen LogP) is 1.87. The Morgan fingerprint density at radius 3 is 2.47 bits per heavy atom. The summed E-state index contributed by atoms with van der Waals surface area (Å²) < 4.78 is 1.76. The van der Waals surface area contributed by atoms with Gasteiger partial charge in [-0.25, -0.2) is 0 Å². The number of rotatable bonds is 4. The van der Waals surface area contributed by atoms with Crippen LogP contribution in [0.2, 0.25) is 0 Å². The summed E-state index contributed by atoms with van der Waals surface area (Å²) in [7, 11) is 1.88. The molecule has 0 spiro atoms. The molecule has 0 bridgehead atoms. The molecule has 1 aromatic carbocycles. The van der Waals surface area contributed by atoms with Gasteiger partial charge in [-0.2, -0.15) is 5.10 Å². The molecule has 0 amide bonds. The van der Waals surface area contributed by atoms with E-state index in [2.05, 4.69) is 36.3 Å². The Labute approximate surface area is 102 Å². The maximum atomic E-state index is 9.99. The Kier molecular flexibility index (Phi) is 3.59. The van der Waals surface area contributed by atoms with Crippen molar-refractivity contribution in [2.75, 3.05) is 0 Å². The molecule has 0 aliphatic rings. The summed E-state index contributed by atoms with van der Waals surface area (Å²) in [6.45, 7) is 2.06. The largest absolute Gasteiger partial charge is 0.392 e. The van der Waals surface area contributed by atoms with Gasteiger partial charge in [0.1, 0.15) is 0 Å². The minimum atomic E-state index is -0.368. The minimum Gasteiger partial charge on any atom is -0.392 e. The van der Waals surface area contributed by atoms with Crippen molar-refractivity contribution in [2.45, 2.75) is 25.9 Å². The van der Waals surface area contributed by atoms with E-state index in [1.54, 1.807) is 4.68 Å². The van der Waals surface area contributed by atoms with Crippen molar-refractivity contribution < 1.29 is 5.11 Å². The lowest BCUT2D eigenvalue weighted by Crippen LogP contribution is -2.14. The van der Waals surface area contributed by atoms with E-state index >= 15 is 0 Å². The minimum absolute atomic E-state index is 0.368. The molecule has 2 aromatic rings.